The van der Waals surface area contributed by atoms with Crippen molar-refractivity contribution < 1.29 is 9.53 Å². The molecule has 36 heavy (non-hydrogen) atoms. The average Bonchev–Trinajstić information content (AvgIpc) is 3.30. The number of hydrogen-bond acceptors (Lipinski definition) is 5. The molecule has 184 valence electrons. The molecule has 1 aliphatic heterocycles. The molecule has 7 nitrogen and oxygen atoms in total. The number of para-hydroxylation sites is 2. The van der Waals surface area contributed by atoms with Crippen molar-refractivity contribution in [1.29, 1.82) is 0 Å². The maximum absolute atomic E-state index is 12.6. The molecular formula is C29H31N5O2. The van der Waals surface area contributed by atoms with E-state index in [1.807, 2.05) is 48.7 Å². The third kappa shape index (κ3) is 4.83. The van der Waals surface area contributed by atoms with Crippen LogP contribution in [0.15, 0.2) is 85.6 Å². The summed E-state index contributed by atoms with van der Waals surface area (Å²) in [5, 5.41) is 2.87. The monoisotopic (exact) mass is 481 g/mol. The predicted octanol–water partition coefficient (Wildman–Crippen LogP) is 4.25. The van der Waals surface area contributed by atoms with Crippen molar-refractivity contribution >= 4 is 17.2 Å². The summed E-state index contributed by atoms with van der Waals surface area (Å²) in [7, 11) is 1.72. The molecule has 0 unspecified atom stereocenters. The maximum Gasteiger partial charge on any atom is 0.253 e. The number of ether oxygens (including phenoxy) is 1. The van der Waals surface area contributed by atoms with Crippen molar-refractivity contribution in [2.45, 2.75) is 6.54 Å². The van der Waals surface area contributed by atoms with E-state index in [9.17, 15) is 4.79 Å². The summed E-state index contributed by atoms with van der Waals surface area (Å²) in [5.41, 5.74) is 5.67. The number of rotatable bonds is 8. The standard InChI is InChI=1S/C29H31N5O2/c1-3-15-30-29(35)23-13-14-27-31-28(22-9-5-4-6-10-22)25(34(27)20-23)21-32-16-18-33(19-17-32)24-11-7-8-12-26(24)36-2/h3-14,20H,1,15-19,21H2,2H3,(H,30,35). The van der Waals surface area contributed by atoms with Gasteiger partial charge in [-0.25, -0.2) is 4.98 Å². The van der Waals surface area contributed by atoms with Crippen molar-refractivity contribution in [3.63, 3.8) is 0 Å². The molecule has 2 aromatic carbocycles. The van der Waals surface area contributed by atoms with E-state index in [-0.39, 0.29) is 5.91 Å². The molecule has 1 aliphatic rings. The first kappa shape index (κ1) is 23.6. The lowest BCUT2D eigenvalue weighted by Crippen LogP contribution is -2.46. The zero-order chi connectivity index (χ0) is 24.9. The number of carbonyl (C=O) groups is 1. The fourth-order valence-corrected chi connectivity index (χ4v) is 4.72. The van der Waals surface area contributed by atoms with Gasteiger partial charge in [0, 0.05) is 51.0 Å². The number of fused-ring (bicyclic) bond motifs is 1. The van der Waals surface area contributed by atoms with Gasteiger partial charge in [-0.1, -0.05) is 48.5 Å². The van der Waals surface area contributed by atoms with E-state index in [2.05, 4.69) is 50.4 Å². The Kier molecular flexibility index (Phi) is 7.00. The highest BCUT2D eigenvalue weighted by Gasteiger charge is 2.23. The Morgan fingerprint density at radius 3 is 2.53 bits per heavy atom. The third-order valence-electron chi connectivity index (χ3n) is 6.61. The van der Waals surface area contributed by atoms with Gasteiger partial charge in [0.1, 0.15) is 11.4 Å². The second kappa shape index (κ2) is 10.7. The molecule has 1 N–H and O–H groups in total. The number of amides is 1. The maximum atomic E-state index is 12.6. The molecule has 0 aliphatic carbocycles. The van der Waals surface area contributed by atoms with Gasteiger partial charge in [-0.3, -0.25) is 9.69 Å². The Balaban J connectivity index is 1.43. The fourth-order valence-electron chi connectivity index (χ4n) is 4.72. The van der Waals surface area contributed by atoms with E-state index in [0.717, 1.165) is 66.8 Å². The second-order valence-corrected chi connectivity index (χ2v) is 8.85. The first-order chi connectivity index (χ1) is 17.7. The molecule has 0 spiro atoms. The van der Waals surface area contributed by atoms with Crippen LogP contribution in [0.5, 0.6) is 5.75 Å². The summed E-state index contributed by atoms with van der Waals surface area (Å²) in [5.74, 6) is 0.782. The van der Waals surface area contributed by atoms with Gasteiger partial charge in [0.15, 0.2) is 0 Å². The number of anilines is 1. The van der Waals surface area contributed by atoms with Crippen molar-refractivity contribution in [3.8, 4) is 17.0 Å². The quantitative estimate of drug-likeness (QED) is 0.381. The molecule has 0 saturated carbocycles. The number of benzene rings is 2. The first-order valence-electron chi connectivity index (χ1n) is 12.2. The van der Waals surface area contributed by atoms with Crippen LogP contribution in [0.4, 0.5) is 5.69 Å². The van der Waals surface area contributed by atoms with Gasteiger partial charge in [-0.2, -0.15) is 0 Å². The van der Waals surface area contributed by atoms with Gasteiger partial charge in [0.25, 0.3) is 5.91 Å². The van der Waals surface area contributed by atoms with E-state index in [4.69, 9.17) is 9.72 Å². The summed E-state index contributed by atoms with van der Waals surface area (Å²) < 4.78 is 7.64. The number of piperazine rings is 1. The minimum absolute atomic E-state index is 0.122. The topological polar surface area (TPSA) is 62.1 Å². The van der Waals surface area contributed by atoms with Crippen molar-refractivity contribution in [3.05, 3.63) is 96.8 Å². The third-order valence-corrected chi connectivity index (χ3v) is 6.61. The lowest BCUT2D eigenvalue weighted by Gasteiger charge is -2.36. The molecule has 5 rings (SSSR count). The fraction of sp³-hybridized carbons (Fsp3) is 0.241. The van der Waals surface area contributed by atoms with Gasteiger partial charge in [-0.05, 0) is 24.3 Å². The largest absolute Gasteiger partial charge is 0.495 e. The van der Waals surface area contributed by atoms with Crippen LogP contribution in [0.1, 0.15) is 16.1 Å². The van der Waals surface area contributed by atoms with Crippen LogP contribution in [0.25, 0.3) is 16.9 Å². The van der Waals surface area contributed by atoms with Crippen LogP contribution in [0.3, 0.4) is 0 Å². The highest BCUT2D eigenvalue weighted by molar-refractivity contribution is 5.94. The Bertz CT molecular complexity index is 1360. The zero-order valence-corrected chi connectivity index (χ0v) is 20.6. The van der Waals surface area contributed by atoms with Gasteiger partial charge >= 0.3 is 0 Å². The van der Waals surface area contributed by atoms with E-state index in [0.29, 0.717) is 12.1 Å². The second-order valence-electron chi connectivity index (χ2n) is 8.85. The highest BCUT2D eigenvalue weighted by atomic mass is 16.5. The number of nitrogens with one attached hydrogen (secondary N) is 1. The highest BCUT2D eigenvalue weighted by Crippen LogP contribution is 2.30. The number of pyridine rings is 1. The Hall–Kier alpha value is -4.10. The van der Waals surface area contributed by atoms with Crippen molar-refractivity contribution in [2.75, 3.05) is 44.7 Å². The van der Waals surface area contributed by atoms with Gasteiger partial charge in [0.05, 0.1) is 29.7 Å². The van der Waals surface area contributed by atoms with Gasteiger partial charge in [0.2, 0.25) is 0 Å². The summed E-state index contributed by atoms with van der Waals surface area (Å²) >= 11 is 0. The Morgan fingerprint density at radius 1 is 1.03 bits per heavy atom. The minimum atomic E-state index is -0.122. The molecule has 3 heterocycles. The summed E-state index contributed by atoms with van der Waals surface area (Å²) in [4.78, 5) is 22.4. The van der Waals surface area contributed by atoms with E-state index >= 15 is 0 Å². The number of methoxy groups -OCH3 is 1. The van der Waals surface area contributed by atoms with E-state index in [1.54, 1.807) is 13.2 Å². The van der Waals surface area contributed by atoms with Crippen LogP contribution in [0, 0.1) is 0 Å². The molecule has 1 fully saturated rings. The van der Waals surface area contributed by atoms with Crippen LogP contribution >= 0.6 is 0 Å². The van der Waals surface area contributed by atoms with Crippen LogP contribution < -0.4 is 15.0 Å². The number of carbonyl (C=O) groups excluding carboxylic acids is 1. The molecule has 0 radical (unpaired) electrons. The van der Waals surface area contributed by atoms with Crippen molar-refractivity contribution in [1.82, 2.24) is 19.6 Å². The zero-order valence-electron chi connectivity index (χ0n) is 20.6. The molecule has 0 bridgehead atoms. The molecule has 1 amide bonds. The SMILES string of the molecule is C=CCNC(=O)c1ccc2nc(-c3ccccc3)c(CN3CCN(c4ccccc4OC)CC3)n2c1. The van der Waals surface area contributed by atoms with Gasteiger partial charge < -0.3 is 19.4 Å². The summed E-state index contributed by atoms with van der Waals surface area (Å²) in [6.45, 7) is 8.50. The van der Waals surface area contributed by atoms with E-state index < -0.39 is 0 Å². The molecular weight excluding hydrogens is 450 g/mol. The minimum Gasteiger partial charge on any atom is -0.495 e. The number of aromatic nitrogens is 2. The molecule has 0 atom stereocenters. The summed E-state index contributed by atoms with van der Waals surface area (Å²) in [6, 6.07) is 22.2. The summed E-state index contributed by atoms with van der Waals surface area (Å²) in [6.07, 6.45) is 3.57. The molecule has 4 aromatic rings. The smallest absolute Gasteiger partial charge is 0.253 e. The number of imidazole rings is 1. The predicted molar refractivity (Wildman–Crippen MR) is 144 cm³/mol. The van der Waals surface area contributed by atoms with Gasteiger partial charge in [-0.15, -0.1) is 6.58 Å². The van der Waals surface area contributed by atoms with Crippen molar-refractivity contribution in [2.24, 2.45) is 0 Å². The van der Waals surface area contributed by atoms with Crippen LogP contribution in [0.2, 0.25) is 0 Å². The Labute approximate surface area is 211 Å². The molecule has 7 heteroatoms. The van der Waals surface area contributed by atoms with E-state index in [1.165, 1.54) is 0 Å². The van der Waals surface area contributed by atoms with Crippen LogP contribution in [-0.4, -0.2) is 60.0 Å². The lowest BCUT2D eigenvalue weighted by atomic mass is 10.1. The normalized spacial score (nSPS) is 14.1. The lowest BCUT2D eigenvalue weighted by molar-refractivity contribution is 0.0957. The number of hydrogen-bond donors (Lipinski definition) is 1. The molecule has 2 aromatic heterocycles. The first-order valence-corrected chi connectivity index (χ1v) is 12.2. The average molecular weight is 482 g/mol. The van der Waals surface area contributed by atoms with Crippen LogP contribution in [-0.2, 0) is 6.54 Å². The Morgan fingerprint density at radius 2 is 1.78 bits per heavy atom. The number of nitrogens with zero attached hydrogens (tertiary/aromatic N) is 4. The molecule has 1 saturated heterocycles.